The average Bonchev–Trinajstić information content (AvgIpc) is 2.40. The second-order valence-corrected chi connectivity index (χ2v) is 5.20. The molecule has 1 saturated heterocycles. The summed E-state index contributed by atoms with van der Waals surface area (Å²) in [4.78, 5) is 13.7. The summed E-state index contributed by atoms with van der Waals surface area (Å²) in [5, 5.41) is 6.47. The van der Waals surface area contributed by atoms with Crippen LogP contribution >= 0.6 is 12.4 Å². The third kappa shape index (κ3) is 4.69. The van der Waals surface area contributed by atoms with Gasteiger partial charge in [-0.15, -0.1) is 12.4 Å². The molecule has 112 valence electrons. The first-order valence-corrected chi connectivity index (χ1v) is 6.94. The number of nitrogens with one attached hydrogen (secondary N) is 2. The van der Waals surface area contributed by atoms with Crippen LogP contribution in [0, 0.1) is 6.92 Å². The summed E-state index contributed by atoms with van der Waals surface area (Å²) in [5.41, 5.74) is 2.45. The van der Waals surface area contributed by atoms with Crippen molar-refractivity contribution in [2.45, 2.75) is 25.8 Å². The van der Waals surface area contributed by atoms with Crippen molar-refractivity contribution in [3.63, 3.8) is 0 Å². The Kier molecular flexibility index (Phi) is 6.82. The number of hydrogen-bond acceptors (Lipinski definition) is 3. The Hall–Kier alpha value is -1.26. The maximum absolute atomic E-state index is 11.8. The number of carbonyl (C=O) groups excluding carboxylic acids is 1. The minimum absolute atomic E-state index is 0. The van der Waals surface area contributed by atoms with E-state index in [-0.39, 0.29) is 18.3 Å². The van der Waals surface area contributed by atoms with Gasteiger partial charge < -0.3 is 15.5 Å². The zero-order valence-electron chi connectivity index (χ0n) is 12.2. The summed E-state index contributed by atoms with van der Waals surface area (Å²) < 4.78 is 0. The molecule has 2 N–H and O–H groups in total. The van der Waals surface area contributed by atoms with Crippen LogP contribution in [0.25, 0.3) is 0 Å². The van der Waals surface area contributed by atoms with Crippen LogP contribution in [0.1, 0.15) is 18.4 Å². The van der Waals surface area contributed by atoms with E-state index in [0.717, 1.165) is 25.9 Å². The lowest BCUT2D eigenvalue weighted by Gasteiger charge is -2.33. The lowest BCUT2D eigenvalue weighted by atomic mass is 10.0. The molecule has 0 saturated carbocycles. The van der Waals surface area contributed by atoms with Gasteiger partial charge in [0.2, 0.25) is 5.91 Å². The van der Waals surface area contributed by atoms with Gasteiger partial charge in [0.25, 0.3) is 0 Å². The van der Waals surface area contributed by atoms with Crippen LogP contribution < -0.4 is 10.6 Å². The van der Waals surface area contributed by atoms with Gasteiger partial charge in [0, 0.05) is 24.8 Å². The smallest absolute Gasteiger partial charge is 0.236 e. The molecule has 1 aromatic rings. The summed E-state index contributed by atoms with van der Waals surface area (Å²) >= 11 is 0. The first-order valence-electron chi connectivity index (χ1n) is 6.94. The fourth-order valence-corrected chi connectivity index (χ4v) is 2.51. The molecule has 1 aliphatic heterocycles. The summed E-state index contributed by atoms with van der Waals surface area (Å²) in [6.07, 6.45) is 2.03. The fourth-order valence-electron chi connectivity index (χ4n) is 2.51. The highest BCUT2D eigenvalue weighted by Crippen LogP contribution is 2.17. The highest BCUT2D eigenvalue weighted by atomic mass is 35.5. The molecule has 20 heavy (non-hydrogen) atoms. The molecular weight excluding hydrogens is 274 g/mol. The number of amides is 1. The SMILES string of the molecule is CNCC(=O)N1CCC(Nc2cccc(C)c2)CC1.Cl. The predicted octanol–water partition coefficient (Wildman–Crippen LogP) is 2.04. The number of benzene rings is 1. The number of anilines is 1. The lowest BCUT2D eigenvalue weighted by molar-refractivity contribution is -0.131. The molecule has 0 spiro atoms. The molecule has 0 aromatic heterocycles. The van der Waals surface area contributed by atoms with E-state index in [1.54, 1.807) is 0 Å². The summed E-state index contributed by atoms with van der Waals surface area (Å²) in [7, 11) is 1.81. The molecule has 2 rings (SSSR count). The van der Waals surface area contributed by atoms with Crippen molar-refractivity contribution in [1.82, 2.24) is 10.2 Å². The minimum Gasteiger partial charge on any atom is -0.382 e. The number of aryl methyl sites for hydroxylation is 1. The van der Waals surface area contributed by atoms with Crippen molar-refractivity contribution in [1.29, 1.82) is 0 Å². The number of piperidine rings is 1. The molecule has 1 heterocycles. The zero-order chi connectivity index (χ0) is 13.7. The number of hydrogen-bond donors (Lipinski definition) is 2. The quantitative estimate of drug-likeness (QED) is 0.894. The van der Waals surface area contributed by atoms with E-state index >= 15 is 0 Å². The number of carbonyl (C=O) groups is 1. The molecular formula is C15H24ClN3O. The molecule has 0 aliphatic carbocycles. The van der Waals surface area contributed by atoms with Crippen molar-refractivity contribution < 1.29 is 4.79 Å². The molecule has 1 fully saturated rings. The Balaban J connectivity index is 0.00000200. The number of likely N-dealkylation sites (N-methyl/N-ethyl adjacent to an activating group) is 1. The highest BCUT2D eigenvalue weighted by molar-refractivity contribution is 5.85. The maximum Gasteiger partial charge on any atom is 0.236 e. The van der Waals surface area contributed by atoms with E-state index in [0.29, 0.717) is 12.6 Å². The van der Waals surface area contributed by atoms with Gasteiger partial charge in [-0.25, -0.2) is 0 Å². The van der Waals surface area contributed by atoms with Crippen LogP contribution in [0.3, 0.4) is 0 Å². The van der Waals surface area contributed by atoms with Crippen molar-refractivity contribution in [3.8, 4) is 0 Å². The largest absolute Gasteiger partial charge is 0.382 e. The Morgan fingerprint density at radius 2 is 2.05 bits per heavy atom. The van der Waals surface area contributed by atoms with Gasteiger partial charge in [-0.2, -0.15) is 0 Å². The zero-order valence-corrected chi connectivity index (χ0v) is 13.0. The minimum atomic E-state index is 0. The molecule has 0 radical (unpaired) electrons. The number of nitrogens with zero attached hydrogens (tertiary/aromatic N) is 1. The van der Waals surface area contributed by atoms with E-state index < -0.39 is 0 Å². The second-order valence-electron chi connectivity index (χ2n) is 5.20. The molecule has 0 atom stereocenters. The van der Waals surface area contributed by atoms with Gasteiger partial charge in [-0.05, 0) is 44.5 Å². The van der Waals surface area contributed by atoms with E-state index in [1.165, 1.54) is 11.3 Å². The van der Waals surface area contributed by atoms with Crippen molar-refractivity contribution in [2.75, 3.05) is 32.0 Å². The van der Waals surface area contributed by atoms with E-state index in [9.17, 15) is 4.79 Å². The standard InChI is InChI=1S/C15H23N3O.ClH/c1-12-4-3-5-14(10-12)17-13-6-8-18(9-7-13)15(19)11-16-2;/h3-5,10,13,16-17H,6-9,11H2,1-2H3;1H. The third-order valence-electron chi connectivity index (χ3n) is 3.56. The van der Waals surface area contributed by atoms with Crippen molar-refractivity contribution in [2.24, 2.45) is 0 Å². The lowest BCUT2D eigenvalue weighted by Crippen LogP contribution is -2.45. The number of likely N-dealkylation sites (tertiary alicyclic amines) is 1. The van der Waals surface area contributed by atoms with Gasteiger partial charge in [0.05, 0.1) is 6.54 Å². The normalized spacial score (nSPS) is 15.6. The summed E-state index contributed by atoms with van der Waals surface area (Å²) in [5.74, 6) is 0.205. The first kappa shape index (κ1) is 16.8. The maximum atomic E-state index is 11.8. The Labute approximate surface area is 127 Å². The molecule has 1 aromatic carbocycles. The van der Waals surface area contributed by atoms with Gasteiger partial charge >= 0.3 is 0 Å². The van der Waals surface area contributed by atoms with Gasteiger partial charge in [-0.3, -0.25) is 4.79 Å². The monoisotopic (exact) mass is 297 g/mol. The Morgan fingerprint density at radius 1 is 1.35 bits per heavy atom. The molecule has 1 aliphatic rings. The summed E-state index contributed by atoms with van der Waals surface area (Å²) in [6.45, 7) is 4.24. The Bertz CT molecular complexity index is 431. The van der Waals surface area contributed by atoms with E-state index in [1.807, 2.05) is 11.9 Å². The van der Waals surface area contributed by atoms with Crippen LogP contribution in [0.4, 0.5) is 5.69 Å². The van der Waals surface area contributed by atoms with Crippen LogP contribution in [0.15, 0.2) is 24.3 Å². The third-order valence-corrected chi connectivity index (χ3v) is 3.56. The van der Waals surface area contributed by atoms with Crippen LogP contribution in [-0.2, 0) is 4.79 Å². The van der Waals surface area contributed by atoms with Gasteiger partial charge in [0.15, 0.2) is 0 Å². The van der Waals surface area contributed by atoms with Crippen molar-refractivity contribution in [3.05, 3.63) is 29.8 Å². The van der Waals surface area contributed by atoms with Crippen LogP contribution in [0.5, 0.6) is 0 Å². The number of rotatable bonds is 4. The van der Waals surface area contributed by atoms with Gasteiger partial charge in [-0.1, -0.05) is 12.1 Å². The van der Waals surface area contributed by atoms with Gasteiger partial charge in [0.1, 0.15) is 0 Å². The predicted molar refractivity (Wildman–Crippen MR) is 85.6 cm³/mol. The molecule has 0 bridgehead atoms. The molecule has 4 nitrogen and oxygen atoms in total. The molecule has 1 amide bonds. The number of halogens is 1. The van der Waals surface area contributed by atoms with Crippen LogP contribution in [-0.4, -0.2) is 43.5 Å². The fraction of sp³-hybridized carbons (Fsp3) is 0.533. The van der Waals surface area contributed by atoms with Crippen LogP contribution in [0.2, 0.25) is 0 Å². The first-order chi connectivity index (χ1) is 9.19. The second kappa shape index (κ2) is 8.12. The van der Waals surface area contributed by atoms with E-state index in [2.05, 4.69) is 41.8 Å². The topological polar surface area (TPSA) is 44.4 Å². The average molecular weight is 298 g/mol. The van der Waals surface area contributed by atoms with Crippen molar-refractivity contribution >= 4 is 24.0 Å². The van der Waals surface area contributed by atoms with E-state index in [4.69, 9.17) is 0 Å². The Morgan fingerprint density at radius 3 is 2.65 bits per heavy atom. The summed E-state index contributed by atoms with van der Waals surface area (Å²) in [6, 6.07) is 8.91. The highest BCUT2D eigenvalue weighted by Gasteiger charge is 2.21. The molecule has 0 unspecified atom stereocenters. The molecule has 5 heteroatoms.